The molecule has 1 aromatic carbocycles. The summed E-state index contributed by atoms with van der Waals surface area (Å²) in [6, 6.07) is 8.48. The van der Waals surface area contributed by atoms with Gasteiger partial charge in [0.2, 0.25) is 0 Å². The maximum absolute atomic E-state index is 5.36. The fourth-order valence-corrected chi connectivity index (χ4v) is 2.47. The Hall–Kier alpha value is -1.75. The van der Waals surface area contributed by atoms with E-state index in [2.05, 4.69) is 47.4 Å². The van der Waals surface area contributed by atoms with Crippen LogP contribution in [0.5, 0.6) is 5.75 Å². The molecule has 1 rings (SSSR count). The highest BCUT2D eigenvalue weighted by atomic mass is 16.5. The fourth-order valence-electron chi connectivity index (χ4n) is 2.47. The Bertz CT molecular complexity index is 458. The Morgan fingerprint density at radius 2 is 1.91 bits per heavy atom. The van der Waals surface area contributed by atoms with Crippen LogP contribution in [0.1, 0.15) is 26.3 Å². The van der Waals surface area contributed by atoms with Crippen LogP contribution in [0.15, 0.2) is 29.3 Å². The molecule has 0 bridgehead atoms. The van der Waals surface area contributed by atoms with Gasteiger partial charge in [0.05, 0.1) is 7.11 Å². The van der Waals surface area contributed by atoms with Crippen molar-refractivity contribution in [2.75, 3.05) is 33.8 Å². The second-order valence-corrected chi connectivity index (χ2v) is 5.19. The summed E-state index contributed by atoms with van der Waals surface area (Å²) in [5, 5.41) is 6.71. The number of hydrogen-bond donors (Lipinski definition) is 2. The average Bonchev–Trinajstić information content (AvgIpc) is 2.56. The lowest BCUT2D eigenvalue weighted by Gasteiger charge is -2.27. The zero-order chi connectivity index (χ0) is 16.4. The Kier molecular flexibility index (Phi) is 8.36. The van der Waals surface area contributed by atoms with E-state index in [1.165, 1.54) is 0 Å². The molecule has 1 unspecified atom stereocenters. The molecule has 0 amide bonds. The van der Waals surface area contributed by atoms with E-state index in [0.29, 0.717) is 12.6 Å². The first-order chi connectivity index (χ1) is 10.7. The molecule has 0 aliphatic rings. The van der Waals surface area contributed by atoms with Crippen molar-refractivity contribution in [3.8, 4) is 5.75 Å². The highest BCUT2D eigenvalue weighted by Gasteiger charge is 2.10. The van der Waals surface area contributed by atoms with Gasteiger partial charge >= 0.3 is 0 Å². The van der Waals surface area contributed by atoms with Gasteiger partial charge in [-0.25, -0.2) is 0 Å². The van der Waals surface area contributed by atoms with E-state index in [0.717, 1.165) is 36.9 Å². The minimum atomic E-state index is 0.472. The number of nitrogens with zero attached hydrogens (tertiary/aromatic N) is 2. The van der Waals surface area contributed by atoms with Crippen molar-refractivity contribution in [3.63, 3.8) is 0 Å². The molecular weight excluding hydrogens is 276 g/mol. The van der Waals surface area contributed by atoms with Crippen molar-refractivity contribution in [3.05, 3.63) is 29.8 Å². The van der Waals surface area contributed by atoms with Crippen LogP contribution in [0, 0.1) is 0 Å². The van der Waals surface area contributed by atoms with E-state index in [-0.39, 0.29) is 0 Å². The van der Waals surface area contributed by atoms with Crippen LogP contribution in [0.25, 0.3) is 0 Å². The Morgan fingerprint density at radius 3 is 2.50 bits per heavy atom. The number of aliphatic imine (C=N–C) groups is 1. The summed E-state index contributed by atoms with van der Waals surface area (Å²) >= 11 is 0. The van der Waals surface area contributed by atoms with Crippen LogP contribution in [0.2, 0.25) is 0 Å². The zero-order valence-corrected chi connectivity index (χ0v) is 14.5. The molecule has 0 spiro atoms. The van der Waals surface area contributed by atoms with Crippen molar-refractivity contribution in [2.45, 2.75) is 33.4 Å². The van der Waals surface area contributed by atoms with E-state index in [1.54, 1.807) is 14.2 Å². The topological polar surface area (TPSA) is 48.9 Å². The van der Waals surface area contributed by atoms with Crippen LogP contribution >= 0.6 is 0 Å². The number of nitrogens with one attached hydrogen (secondary N) is 2. The number of para-hydroxylation sites is 1. The average molecular weight is 306 g/mol. The second kappa shape index (κ2) is 10.1. The van der Waals surface area contributed by atoms with Crippen LogP contribution in [0.4, 0.5) is 0 Å². The summed E-state index contributed by atoms with van der Waals surface area (Å²) in [6.45, 7) is 10.3. The molecule has 22 heavy (non-hydrogen) atoms. The number of hydrogen-bond acceptors (Lipinski definition) is 3. The first kappa shape index (κ1) is 18.3. The van der Waals surface area contributed by atoms with E-state index in [1.807, 2.05) is 18.2 Å². The normalized spacial score (nSPS) is 13.1. The highest BCUT2D eigenvalue weighted by molar-refractivity contribution is 5.79. The van der Waals surface area contributed by atoms with Gasteiger partial charge in [-0.1, -0.05) is 32.0 Å². The van der Waals surface area contributed by atoms with Gasteiger partial charge in [0.15, 0.2) is 5.96 Å². The predicted octanol–water partition coefficient (Wildman–Crippen LogP) is 2.09. The Balaban J connectivity index is 2.49. The number of likely N-dealkylation sites (N-methyl/N-ethyl adjacent to an activating group) is 1. The molecule has 0 radical (unpaired) electrons. The molecule has 1 aromatic rings. The number of methoxy groups -OCH3 is 1. The number of benzene rings is 1. The van der Waals surface area contributed by atoms with E-state index in [4.69, 9.17) is 4.74 Å². The van der Waals surface area contributed by atoms with E-state index in [9.17, 15) is 0 Å². The number of rotatable bonds is 8. The SMILES string of the molecule is CCN(CC)C(C)CNC(=NC)NCc1ccccc1OC. The third-order valence-electron chi connectivity index (χ3n) is 3.86. The Morgan fingerprint density at radius 1 is 1.23 bits per heavy atom. The third kappa shape index (κ3) is 5.56. The molecule has 5 nitrogen and oxygen atoms in total. The quantitative estimate of drug-likeness (QED) is 0.570. The fraction of sp³-hybridized carbons (Fsp3) is 0.588. The highest BCUT2D eigenvalue weighted by Crippen LogP contribution is 2.16. The lowest BCUT2D eigenvalue weighted by molar-refractivity contribution is 0.231. The van der Waals surface area contributed by atoms with Crippen LogP contribution < -0.4 is 15.4 Å². The van der Waals surface area contributed by atoms with Gasteiger partial charge in [0, 0.05) is 31.7 Å². The van der Waals surface area contributed by atoms with Gasteiger partial charge in [0.1, 0.15) is 5.75 Å². The largest absolute Gasteiger partial charge is 0.496 e. The van der Waals surface area contributed by atoms with Crippen molar-refractivity contribution < 1.29 is 4.74 Å². The second-order valence-electron chi connectivity index (χ2n) is 5.19. The number of ether oxygens (including phenoxy) is 1. The molecule has 0 fully saturated rings. The summed E-state index contributed by atoms with van der Waals surface area (Å²) in [5.41, 5.74) is 1.12. The summed E-state index contributed by atoms with van der Waals surface area (Å²) in [4.78, 5) is 6.69. The predicted molar refractivity (Wildman–Crippen MR) is 93.6 cm³/mol. The summed E-state index contributed by atoms with van der Waals surface area (Å²) in [5.74, 6) is 1.70. The molecule has 0 aliphatic heterocycles. The molecule has 0 aliphatic carbocycles. The molecule has 0 saturated heterocycles. The van der Waals surface area contributed by atoms with Gasteiger partial charge in [-0.2, -0.15) is 0 Å². The van der Waals surface area contributed by atoms with Crippen molar-refractivity contribution in [1.29, 1.82) is 0 Å². The van der Waals surface area contributed by atoms with Gasteiger partial charge in [0.25, 0.3) is 0 Å². The first-order valence-electron chi connectivity index (χ1n) is 7.96. The van der Waals surface area contributed by atoms with Crippen molar-refractivity contribution in [1.82, 2.24) is 15.5 Å². The van der Waals surface area contributed by atoms with E-state index >= 15 is 0 Å². The lowest BCUT2D eigenvalue weighted by atomic mass is 10.2. The van der Waals surface area contributed by atoms with Crippen molar-refractivity contribution in [2.24, 2.45) is 4.99 Å². The standard InChI is InChI=1S/C17H30N4O/c1-6-21(7-2)14(3)12-19-17(18-4)20-13-15-10-8-9-11-16(15)22-5/h8-11,14H,6-7,12-13H2,1-5H3,(H2,18,19,20). The minimum absolute atomic E-state index is 0.472. The molecule has 2 N–H and O–H groups in total. The molecule has 0 aromatic heterocycles. The lowest BCUT2D eigenvalue weighted by Crippen LogP contribution is -2.45. The van der Waals surface area contributed by atoms with Crippen LogP contribution in [-0.2, 0) is 6.54 Å². The smallest absolute Gasteiger partial charge is 0.191 e. The third-order valence-corrected chi connectivity index (χ3v) is 3.86. The van der Waals surface area contributed by atoms with Gasteiger partial charge < -0.3 is 15.4 Å². The summed E-state index contributed by atoms with van der Waals surface area (Å²) in [6.07, 6.45) is 0. The van der Waals surface area contributed by atoms with Crippen LogP contribution in [0.3, 0.4) is 0 Å². The molecule has 124 valence electrons. The van der Waals surface area contributed by atoms with Crippen LogP contribution in [-0.4, -0.2) is 50.7 Å². The molecular formula is C17H30N4O. The number of guanidine groups is 1. The summed E-state index contributed by atoms with van der Waals surface area (Å²) in [7, 11) is 3.48. The van der Waals surface area contributed by atoms with Gasteiger partial charge in [-0.3, -0.25) is 9.89 Å². The maximum Gasteiger partial charge on any atom is 0.191 e. The van der Waals surface area contributed by atoms with Crippen molar-refractivity contribution >= 4 is 5.96 Å². The zero-order valence-electron chi connectivity index (χ0n) is 14.5. The van der Waals surface area contributed by atoms with Gasteiger partial charge in [-0.15, -0.1) is 0 Å². The maximum atomic E-state index is 5.36. The minimum Gasteiger partial charge on any atom is -0.496 e. The van der Waals surface area contributed by atoms with Gasteiger partial charge in [-0.05, 0) is 26.1 Å². The first-order valence-corrected chi connectivity index (χ1v) is 7.96. The molecule has 0 heterocycles. The molecule has 1 atom stereocenters. The summed E-state index contributed by atoms with van der Waals surface area (Å²) < 4.78 is 5.36. The molecule has 0 saturated carbocycles. The Labute approximate surface area is 134 Å². The monoisotopic (exact) mass is 306 g/mol. The molecule has 5 heteroatoms. The van der Waals surface area contributed by atoms with E-state index < -0.39 is 0 Å².